The van der Waals surface area contributed by atoms with E-state index in [-0.39, 0.29) is 5.56 Å². The Labute approximate surface area is 95.1 Å². The number of aromatic amines is 1. The first kappa shape index (κ1) is 9.64. The van der Waals surface area contributed by atoms with Crippen LogP contribution in [0.1, 0.15) is 5.56 Å². The van der Waals surface area contributed by atoms with E-state index in [1.54, 1.807) is 12.3 Å². The highest BCUT2D eigenvalue weighted by Gasteiger charge is 2.09. The average molecular weight is 228 g/mol. The van der Waals surface area contributed by atoms with Crippen molar-refractivity contribution in [2.75, 3.05) is 0 Å². The van der Waals surface area contributed by atoms with Crippen molar-refractivity contribution in [2.45, 2.75) is 6.92 Å². The lowest BCUT2D eigenvalue weighted by atomic mass is 10.3. The highest BCUT2D eigenvalue weighted by Crippen LogP contribution is 2.11. The molecule has 0 unspecified atom stereocenters. The monoisotopic (exact) mass is 228 g/mol. The van der Waals surface area contributed by atoms with Gasteiger partial charge in [0.1, 0.15) is 11.3 Å². The first-order valence-corrected chi connectivity index (χ1v) is 4.98. The molecule has 1 N–H and O–H groups in total. The lowest BCUT2D eigenvalue weighted by molar-refractivity contribution is 0.881. The van der Waals surface area contributed by atoms with Crippen LogP contribution in [0.5, 0.6) is 0 Å². The number of pyridine rings is 1. The SMILES string of the molecule is Cc1cccn2c(=O)cc(-c3nn[nH]n3)nc12. The van der Waals surface area contributed by atoms with E-state index in [4.69, 9.17) is 0 Å². The van der Waals surface area contributed by atoms with Crippen LogP contribution in [0, 0.1) is 6.92 Å². The predicted molar refractivity (Wildman–Crippen MR) is 59.4 cm³/mol. The van der Waals surface area contributed by atoms with Gasteiger partial charge in [0.15, 0.2) is 0 Å². The summed E-state index contributed by atoms with van der Waals surface area (Å²) < 4.78 is 1.49. The maximum Gasteiger partial charge on any atom is 0.258 e. The normalized spacial score (nSPS) is 10.9. The lowest BCUT2D eigenvalue weighted by Crippen LogP contribution is -2.15. The van der Waals surface area contributed by atoms with Crippen LogP contribution < -0.4 is 5.56 Å². The van der Waals surface area contributed by atoms with Gasteiger partial charge >= 0.3 is 0 Å². The standard InChI is InChI=1S/C10H8N6O/c1-6-3-2-4-16-8(17)5-7(11-10(6)16)9-12-14-15-13-9/h2-5H,1H3,(H,12,13,14,15). The lowest BCUT2D eigenvalue weighted by Gasteiger charge is -2.03. The van der Waals surface area contributed by atoms with Crippen molar-refractivity contribution < 1.29 is 0 Å². The molecule has 3 heterocycles. The summed E-state index contributed by atoms with van der Waals surface area (Å²) in [5, 5.41) is 13.4. The van der Waals surface area contributed by atoms with Crippen LogP contribution in [-0.2, 0) is 0 Å². The van der Waals surface area contributed by atoms with Gasteiger partial charge in [-0.25, -0.2) is 4.98 Å². The van der Waals surface area contributed by atoms with E-state index >= 15 is 0 Å². The Hall–Kier alpha value is -2.57. The molecule has 0 aromatic carbocycles. The Morgan fingerprint density at radius 3 is 3.06 bits per heavy atom. The van der Waals surface area contributed by atoms with E-state index in [2.05, 4.69) is 25.6 Å². The molecule has 0 aliphatic rings. The molecule has 0 atom stereocenters. The molecule has 0 fully saturated rings. The van der Waals surface area contributed by atoms with E-state index in [0.717, 1.165) is 5.56 Å². The number of hydrogen-bond acceptors (Lipinski definition) is 5. The van der Waals surface area contributed by atoms with E-state index in [0.29, 0.717) is 17.2 Å². The fraction of sp³-hybridized carbons (Fsp3) is 0.100. The molecule has 0 spiro atoms. The van der Waals surface area contributed by atoms with Crippen molar-refractivity contribution in [2.24, 2.45) is 0 Å². The fourth-order valence-corrected chi connectivity index (χ4v) is 1.65. The van der Waals surface area contributed by atoms with Crippen LogP contribution in [0.3, 0.4) is 0 Å². The van der Waals surface area contributed by atoms with Gasteiger partial charge in [0.2, 0.25) is 5.82 Å². The minimum Gasteiger partial charge on any atom is -0.269 e. The molecule has 3 aromatic heterocycles. The van der Waals surface area contributed by atoms with Crippen LogP contribution in [0.4, 0.5) is 0 Å². The summed E-state index contributed by atoms with van der Waals surface area (Å²) in [5.41, 5.74) is 1.76. The minimum absolute atomic E-state index is 0.168. The second-order valence-electron chi connectivity index (χ2n) is 3.60. The summed E-state index contributed by atoms with van der Waals surface area (Å²) in [4.78, 5) is 16.2. The van der Waals surface area contributed by atoms with Gasteiger partial charge in [-0.3, -0.25) is 9.20 Å². The van der Waals surface area contributed by atoms with Gasteiger partial charge in [-0.05, 0) is 23.8 Å². The van der Waals surface area contributed by atoms with Crippen molar-refractivity contribution in [3.05, 3.63) is 40.3 Å². The summed E-state index contributed by atoms with van der Waals surface area (Å²) in [6.45, 7) is 1.89. The summed E-state index contributed by atoms with van der Waals surface area (Å²) in [6, 6.07) is 5.08. The Kier molecular flexibility index (Phi) is 1.97. The van der Waals surface area contributed by atoms with E-state index < -0.39 is 0 Å². The third-order valence-electron chi connectivity index (χ3n) is 2.46. The van der Waals surface area contributed by atoms with Crippen LogP contribution in [0.2, 0.25) is 0 Å². The summed E-state index contributed by atoms with van der Waals surface area (Å²) in [6.07, 6.45) is 1.68. The predicted octanol–water partition coefficient (Wildman–Crippen LogP) is 0.183. The van der Waals surface area contributed by atoms with Gasteiger partial charge in [0.25, 0.3) is 5.56 Å². The third-order valence-corrected chi connectivity index (χ3v) is 2.46. The topological polar surface area (TPSA) is 88.8 Å². The van der Waals surface area contributed by atoms with Gasteiger partial charge in [0.05, 0.1) is 0 Å². The van der Waals surface area contributed by atoms with Gasteiger partial charge in [-0.15, -0.1) is 10.2 Å². The average Bonchev–Trinajstić information content (AvgIpc) is 2.84. The molecule has 0 bridgehead atoms. The number of nitrogens with one attached hydrogen (secondary N) is 1. The molecule has 84 valence electrons. The number of nitrogens with zero attached hydrogens (tertiary/aromatic N) is 5. The Morgan fingerprint density at radius 1 is 1.41 bits per heavy atom. The summed E-state index contributed by atoms with van der Waals surface area (Å²) in [7, 11) is 0. The Morgan fingerprint density at radius 2 is 2.29 bits per heavy atom. The number of hydrogen-bond donors (Lipinski definition) is 1. The van der Waals surface area contributed by atoms with Crippen LogP contribution in [0.25, 0.3) is 17.2 Å². The maximum absolute atomic E-state index is 11.9. The van der Waals surface area contributed by atoms with Crippen LogP contribution in [0.15, 0.2) is 29.2 Å². The molecular weight excluding hydrogens is 220 g/mol. The van der Waals surface area contributed by atoms with Gasteiger partial charge < -0.3 is 0 Å². The highest BCUT2D eigenvalue weighted by molar-refractivity contribution is 5.55. The fourth-order valence-electron chi connectivity index (χ4n) is 1.65. The molecule has 3 rings (SSSR count). The molecule has 0 amide bonds. The largest absolute Gasteiger partial charge is 0.269 e. The quantitative estimate of drug-likeness (QED) is 0.642. The molecule has 0 aliphatic carbocycles. The zero-order valence-electron chi connectivity index (χ0n) is 8.95. The second kappa shape index (κ2) is 3.48. The number of fused-ring (bicyclic) bond motifs is 1. The highest BCUT2D eigenvalue weighted by atomic mass is 16.1. The molecule has 0 saturated heterocycles. The van der Waals surface area contributed by atoms with Crippen LogP contribution in [-0.4, -0.2) is 30.0 Å². The Balaban J connectivity index is 2.38. The van der Waals surface area contributed by atoms with Gasteiger partial charge in [0, 0.05) is 12.3 Å². The molecular formula is C10H8N6O. The molecule has 0 radical (unpaired) electrons. The summed E-state index contributed by atoms with van der Waals surface area (Å²) >= 11 is 0. The zero-order chi connectivity index (χ0) is 11.8. The maximum atomic E-state index is 11.9. The third kappa shape index (κ3) is 1.48. The first-order chi connectivity index (χ1) is 8.25. The number of H-pyrrole nitrogens is 1. The summed E-state index contributed by atoms with van der Waals surface area (Å²) in [5.74, 6) is 0.313. The van der Waals surface area contributed by atoms with Crippen molar-refractivity contribution in [1.29, 1.82) is 0 Å². The van der Waals surface area contributed by atoms with Crippen molar-refractivity contribution in [1.82, 2.24) is 30.0 Å². The van der Waals surface area contributed by atoms with Crippen molar-refractivity contribution >= 4 is 5.65 Å². The molecule has 7 nitrogen and oxygen atoms in total. The molecule has 0 aliphatic heterocycles. The smallest absolute Gasteiger partial charge is 0.258 e. The number of aryl methyl sites for hydroxylation is 1. The second-order valence-corrected chi connectivity index (χ2v) is 3.60. The van der Waals surface area contributed by atoms with Crippen molar-refractivity contribution in [3.63, 3.8) is 0 Å². The van der Waals surface area contributed by atoms with Crippen molar-refractivity contribution in [3.8, 4) is 11.5 Å². The van der Waals surface area contributed by atoms with E-state index in [9.17, 15) is 4.79 Å². The molecule has 17 heavy (non-hydrogen) atoms. The zero-order valence-corrected chi connectivity index (χ0v) is 8.95. The van der Waals surface area contributed by atoms with Gasteiger partial charge in [-0.1, -0.05) is 6.07 Å². The molecule has 7 heteroatoms. The van der Waals surface area contributed by atoms with Crippen LogP contribution >= 0.6 is 0 Å². The Bertz CT molecular complexity index is 730. The molecule has 3 aromatic rings. The first-order valence-electron chi connectivity index (χ1n) is 4.98. The van der Waals surface area contributed by atoms with E-state index in [1.165, 1.54) is 10.5 Å². The van der Waals surface area contributed by atoms with E-state index in [1.807, 2.05) is 13.0 Å². The van der Waals surface area contributed by atoms with Gasteiger partial charge in [-0.2, -0.15) is 5.21 Å². The number of rotatable bonds is 1. The molecule has 0 saturated carbocycles. The number of tetrazole rings is 1. The minimum atomic E-state index is -0.168. The number of aromatic nitrogens is 6.